The van der Waals surface area contributed by atoms with Crippen molar-refractivity contribution in [3.05, 3.63) is 0 Å². The lowest BCUT2D eigenvalue weighted by Gasteiger charge is -2.20. The van der Waals surface area contributed by atoms with Crippen LogP contribution in [0.3, 0.4) is 0 Å². The highest BCUT2D eigenvalue weighted by molar-refractivity contribution is 7.99. The molecule has 10 heavy (non-hydrogen) atoms. The third-order valence-corrected chi connectivity index (χ3v) is 2.64. The smallest absolute Gasteiger partial charge is 0.000414 e. The Hall–Kier alpha value is 0.600. The lowest BCUT2D eigenvalue weighted by atomic mass is 9.97. The summed E-state index contributed by atoms with van der Waals surface area (Å²) in [7, 11) is 0. The van der Waals surface area contributed by atoms with E-state index in [1.54, 1.807) is 0 Å². The Morgan fingerprint density at radius 3 is 2.20 bits per heavy atom. The van der Waals surface area contributed by atoms with E-state index in [0.29, 0.717) is 5.41 Å². The Labute approximate surface area is 74.5 Å². The van der Waals surface area contributed by atoms with E-state index in [1.807, 2.05) is 11.8 Å². The normalized spacial score (nSPS) is 10.8. The van der Waals surface area contributed by atoms with Gasteiger partial charge in [0.15, 0.2) is 0 Å². The minimum Gasteiger partial charge on any atom is -0.330 e. The molecule has 2 N–H and O–H groups in total. The van der Waals surface area contributed by atoms with Crippen molar-refractivity contribution in [2.24, 2.45) is 11.1 Å². The predicted octanol–water partition coefficient (Wildman–Crippen LogP) is 2.15. The van der Waals surface area contributed by atoms with Gasteiger partial charge < -0.3 is 5.73 Å². The molecule has 3 heteroatoms. The number of hydrogen-bond acceptors (Lipinski definition) is 2. The number of rotatable bonds is 4. The molecule has 0 aliphatic rings. The monoisotopic (exact) mass is 183 g/mol. The fourth-order valence-corrected chi connectivity index (χ4v) is 1.31. The minimum absolute atomic E-state index is 0. The summed E-state index contributed by atoms with van der Waals surface area (Å²) in [6, 6.07) is 0. The van der Waals surface area contributed by atoms with Gasteiger partial charge in [0.25, 0.3) is 0 Å². The molecule has 0 aliphatic heterocycles. The summed E-state index contributed by atoms with van der Waals surface area (Å²) in [5.74, 6) is 2.38. The van der Waals surface area contributed by atoms with Gasteiger partial charge in [0.05, 0.1) is 0 Å². The zero-order valence-electron chi connectivity index (χ0n) is 7.02. The van der Waals surface area contributed by atoms with E-state index in [2.05, 4.69) is 20.8 Å². The van der Waals surface area contributed by atoms with E-state index < -0.39 is 0 Å². The van der Waals surface area contributed by atoms with Gasteiger partial charge in [-0.05, 0) is 23.5 Å². The maximum Gasteiger partial charge on any atom is -0.000414 e. The highest BCUT2D eigenvalue weighted by atomic mass is 35.5. The van der Waals surface area contributed by atoms with Crippen molar-refractivity contribution >= 4 is 24.2 Å². The van der Waals surface area contributed by atoms with Crippen LogP contribution >= 0.6 is 24.2 Å². The van der Waals surface area contributed by atoms with Crippen LogP contribution in [0.2, 0.25) is 0 Å². The van der Waals surface area contributed by atoms with Gasteiger partial charge in [-0.2, -0.15) is 11.8 Å². The molecule has 0 amide bonds. The Balaban J connectivity index is 0. The van der Waals surface area contributed by atoms with Gasteiger partial charge in [0, 0.05) is 0 Å². The molecule has 0 atom stereocenters. The first-order chi connectivity index (χ1) is 4.12. The van der Waals surface area contributed by atoms with Crippen molar-refractivity contribution in [1.29, 1.82) is 0 Å². The van der Waals surface area contributed by atoms with E-state index in [0.717, 1.165) is 6.54 Å². The molecule has 0 spiro atoms. The second kappa shape index (κ2) is 6.32. The summed E-state index contributed by atoms with van der Waals surface area (Å²) < 4.78 is 0. The quantitative estimate of drug-likeness (QED) is 0.723. The van der Waals surface area contributed by atoms with Gasteiger partial charge >= 0.3 is 0 Å². The summed E-state index contributed by atoms with van der Waals surface area (Å²) in [4.78, 5) is 0. The van der Waals surface area contributed by atoms with E-state index in [9.17, 15) is 0 Å². The molecule has 0 saturated carbocycles. The molecule has 0 aromatic heterocycles. The molecule has 0 rings (SSSR count). The summed E-state index contributed by atoms with van der Waals surface area (Å²) in [6.07, 6.45) is 0. The van der Waals surface area contributed by atoms with Crippen LogP contribution in [-0.2, 0) is 0 Å². The highest BCUT2D eigenvalue weighted by Gasteiger charge is 2.13. The average Bonchev–Trinajstić information content (AvgIpc) is 1.84. The summed E-state index contributed by atoms with van der Waals surface area (Å²) in [5, 5.41) is 0. The zero-order valence-corrected chi connectivity index (χ0v) is 8.65. The fraction of sp³-hybridized carbons (Fsp3) is 1.00. The van der Waals surface area contributed by atoms with Crippen LogP contribution in [0.5, 0.6) is 0 Å². The van der Waals surface area contributed by atoms with Crippen LogP contribution in [0.4, 0.5) is 0 Å². The van der Waals surface area contributed by atoms with Crippen molar-refractivity contribution in [2.75, 3.05) is 18.1 Å². The number of nitrogens with two attached hydrogens (primary N) is 1. The first kappa shape index (κ1) is 13.2. The number of hydrogen-bond donors (Lipinski definition) is 1. The van der Waals surface area contributed by atoms with Crippen LogP contribution in [0.25, 0.3) is 0 Å². The van der Waals surface area contributed by atoms with Crippen LogP contribution in [0, 0.1) is 5.41 Å². The van der Waals surface area contributed by atoms with Crippen molar-refractivity contribution in [1.82, 2.24) is 0 Å². The van der Waals surface area contributed by atoms with Gasteiger partial charge in [-0.25, -0.2) is 0 Å². The van der Waals surface area contributed by atoms with E-state index in [4.69, 9.17) is 5.73 Å². The standard InChI is InChI=1S/C7H17NS.ClH/c1-4-9-6-7(2,3)5-8;/h4-6,8H2,1-3H3;1H. The highest BCUT2D eigenvalue weighted by Crippen LogP contribution is 2.19. The van der Waals surface area contributed by atoms with Crippen LogP contribution < -0.4 is 5.73 Å². The van der Waals surface area contributed by atoms with Crippen molar-refractivity contribution < 1.29 is 0 Å². The van der Waals surface area contributed by atoms with Crippen molar-refractivity contribution in [2.45, 2.75) is 20.8 Å². The van der Waals surface area contributed by atoms with Gasteiger partial charge in [-0.3, -0.25) is 0 Å². The molecule has 64 valence electrons. The van der Waals surface area contributed by atoms with Crippen LogP contribution in [0.15, 0.2) is 0 Å². The second-order valence-electron chi connectivity index (χ2n) is 3.01. The van der Waals surface area contributed by atoms with Crippen molar-refractivity contribution in [3.63, 3.8) is 0 Å². The lowest BCUT2D eigenvalue weighted by Crippen LogP contribution is -2.25. The Kier molecular flexibility index (Phi) is 8.35. The third-order valence-electron chi connectivity index (χ3n) is 1.25. The van der Waals surface area contributed by atoms with E-state index >= 15 is 0 Å². The number of thioether (sulfide) groups is 1. The van der Waals surface area contributed by atoms with E-state index in [1.165, 1.54) is 11.5 Å². The SMILES string of the molecule is CCSCC(C)(C)CN.Cl. The van der Waals surface area contributed by atoms with Crippen LogP contribution in [-0.4, -0.2) is 18.1 Å². The molecule has 0 unspecified atom stereocenters. The van der Waals surface area contributed by atoms with Gasteiger partial charge in [-0.15, -0.1) is 12.4 Å². The maximum absolute atomic E-state index is 5.53. The first-order valence-electron chi connectivity index (χ1n) is 3.40. The Morgan fingerprint density at radius 2 is 1.90 bits per heavy atom. The largest absolute Gasteiger partial charge is 0.330 e. The molecular weight excluding hydrogens is 166 g/mol. The minimum atomic E-state index is 0. The third kappa shape index (κ3) is 6.72. The number of halogens is 1. The fourth-order valence-electron chi connectivity index (χ4n) is 0.437. The van der Waals surface area contributed by atoms with E-state index in [-0.39, 0.29) is 12.4 Å². The second-order valence-corrected chi connectivity index (χ2v) is 4.28. The molecule has 0 bridgehead atoms. The van der Waals surface area contributed by atoms with Gasteiger partial charge in [-0.1, -0.05) is 20.8 Å². The Bertz CT molecular complexity index is 76.0. The predicted molar refractivity (Wildman–Crippen MR) is 53.1 cm³/mol. The molecule has 0 aromatic rings. The Morgan fingerprint density at radius 1 is 1.40 bits per heavy atom. The topological polar surface area (TPSA) is 26.0 Å². The molecule has 0 saturated heterocycles. The molecule has 0 fully saturated rings. The van der Waals surface area contributed by atoms with Crippen LogP contribution in [0.1, 0.15) is 20.8 Å². The van der Waals surface area contributed by atoms with Gasteiger partial charge in [0.2, 0.25) is 0 Å². The summed E-state index contributed by atoms with van der Waals surface area (Å²) >= 11 is 1.96. The summed E-state index contributed by atoms with van der Waals surface area (Å²) in [5.41, 5.74) is 5.87. The van der Waals surface area contributed by atoms with Crippen molar-refractivity contribution in [3.8, 4) is 0 Å². The lowest BCUT2D eigenvalue weighted by molar-refractivity contribution is 0.438. The molecular formula is C7H18ClNS. The molecule has 0 aliphatic carbocycles. The maximum atomic E-state index is 5.53. The average molecular weight is 184 g/mol. The molecule has 0 radical (unpaired) electrons. The molecule has 1 nitrogen and oxygen atoms in total. The summed E-state index contributed by atoms with van der Waals surface area (Å²) in [6.45, 7) is 7.38. The first-order valence-corrected chi connectivity index (χ1v) is 4.55. The molecule has 0 heterocycles. The zero-order chi connectivity index (χ0) is 7.33. The molecule has 0 aromatic carbocycles. The van der Waals surface area contributed by atoms with Gasteiger partial charge in [0.1, 0.15) is 0 Å².